The van der Waals surface area contributed by atoms with E-state index in [9.17, 15) is 13.2 Å². The number of carbonyl (C=O) groups excluding carboxylic acids is 1. The van der Waals surface area contributed by atoms with Crippen LogP contribution in [-0.4, -0.2) is 31.2 Å². The lowest BCUT2D eigenvalue weighted by Crippen LogP contribution is -2.34. The van der Waals surface area contributed by atoms with Crippen LogP contribution in [0.25, 0.3) is 0 Å². The van der Waals surface area contributed by atoms with Crippen molar-refractivity contribution in [2.24, 2.45) is 5.92 Å². The zero-order valence-corrected chi connectivity index (χ0v) is 14.5. The first-order chi connectivity index (χ1) is 10.9. The second kappa shape index (κ2) is 6.24. The minimum Gasteiger partial charge on any atom is -0.326 e. The number of sulfonamides is 1. The summed E-state index contributed by atoms with van der Waals surface area (Å²) in [5, 5.41) is 2.80. The molecule has 1 aliphatic carbocycles. The number of aryl methyl sites for hydroxylation is 1. The van der Waals surface area contributed by atoms with E-state index >= 15 is 0 Å². The Bertz CT molecular complexity index is 709. The number of hydrogen-bond donors (Lipinski definition) is 1. The molecular formula is C17H24N2O3S. The van der Waals surface area contributed by atoms with Crippen molar-refractivity contribution in [2.75, 3.05) is 11.9 Å². The van der Waals surface area contributed by atoms with Crippen LogP contribution < -0.4 is 5.32 Å². The number of amides is 1. The molecule has 1 aromatic carbocycles. The Balaban J connectivity index is 1.87. The Labute approximate surface area is 138 Å². The van der Waals surface area contributed by atoms with E-state index in [4.69, 9.17) is 0 Å². The lowest BCUT2D eigenvalue weighted by Gasteiger charge is -2.24. The van der Waals surface area contributed by atoms with E-state index in [1.807, 2.05) is 0 Å². The van der Waals surface area contributed by atoms with Crippen LogP contribution in [0.1, 0.15) is 45.1 Å². The second-order valence-corrected chi connectivity index (χ2v) is 8.79. The number of anilines is 1. The average Bonchev–Trinajstić information content (AvgIpc) is 3.31. The summed E-state index contributed by atoms with van der Waals surface area (Å²) in [6, 6.07) is 5.22. The number of benzene rings is 1. The molecule has 0 unspecified atom stereocenters. The van der Waals surface area contributed by atoms with Gasteiger partial charge in [0.05, 0.1) is 4.90 Å². The lowest BCUT2D eigenvalue weighted by molar-refractivity contribution is -0.116. The van der Waals surface area contributed by atoms with Crippen molar-refractivity contribution in [3.05, 3.63) is 23.8 Å². The van der Waals surface area contributed by atoms with Gasteiger partial charge in [-0.05, 0) is 55.4 Å². The number of fused-ring (bicyclic) bond motifs is 1. The maximum atomic E-state index is 13.0. The molecular weight excluding hydrogens is 312 g/mol. The van der Waals surface area contributed by atoms with Gasteiger partial charge >= 0.3 is 0 Å². The number of rotatable bonds is 6. The van der Waals surface area contributed by atoms with Crippen LogP contribution in [0.4, 0.5) is 5.69 Å². The molecule has 1 fully saturated rings. The van der Waals surface area contributed by atoms with Crippen molar-refractivity contribution in [1.82, 2.24) is 4.31 Å². The van der Waals surface area contributed by atoms with Crippen LogP contribution in [0, 0.1) is 5.92 Å². The molecule has 1 aromatic rings. The van der Waals surface area contributed by atoms with Gasteiger partial charge in [0.15, 0.2) is 0 Å². The van der Waals surface area contributed by atoms with Crippen LogP contribution >= 0.6 is 0 Å². The molecule has 1 heterocycles. The van der Waals surface area contributed by atoms with Gasteiger partial charge in [0.1, 0.15) is 0 Å². The van der Waals surface area contributed by atoms with E-state index in [0.717, 1.165) is 30.5 Å². The van der Waals surface area contributed by atoms with Gasteiger partial charge in [-0.2, -0.15) is 4.31 Å². The van der Waals surface area contributed by atoms with Gasteiger partial charge in [-0.3, -0.25) is 4.79 Å². The zero-order chi connectivity index (χ0) is 16.6. The normalized spacial score (nSPS) is 18.2. The average molecular weight is 336 g/mol. The highest BCUT2D eigenvalue weighted by atomic mass is 32.2. The first kappa shape index (κ1) is 16.5. The predicted octanol–water partition coefficient (Wildman–Crippen LogP) is 2.77. The number of nitrogens with one attached hydrogen (secondary N) is 1. The van der Waals surface area contributed by atoms with Crippen LogP contribution in [0.2, 0.25) is 0 Å². The van der Waals surface area contributed by atoms with Gasteiger partial charge in [-0.25, -0.2) is 8.42 Å². The standard InChI is InChI=1S/C17H24N2O3S/c1-12(2)9-10-19(14-4-5-14)23(21,22)15-6-7-16-13(11-15)3-8-17(20)18-16/h6-7,11-12,14H,3-5,8-10H2,1-2H3,(H,18,20). The molecule has 23 heavy (non-hydrogen) atoms. The smallest absolute Gasteiger partial charge is 0.243 e. The van der Waals surface area contributed by atoms with Crippen molar-refractivity contribution in [1.29, 1.82) is 0 Å². The molecule has 1 N–H and O–H groups in total. The Morgan fingerprint density at radius 3 is 2.65 bits per heavy atom. The largest absolute Gasteiger partial charge is 0.326 e. The Morgan fingerprint density at radius 2 is 2.00 bits per heavy atom. The van der Waals surface area contributed by atoms with Crippen molar-refractivity contribution >= 4 is 21.6 Å². The fourth-order valence-electron chi connectivity index (χ4n) is 2.90. The van der Waals surface area contributed by atoms with Crippen LogP contribution in [0.5, 0.6) is 0 Å². The highest BCUT2D eigenvalue weighted by Crippen LogP contribution is 2.34. The molecule has 0 saturated heterocycles. The number of carbonyl (C=O) groups is 1. The predicted molar refractivity (Wildman–Crippen MR) is 89.8 cm³/mol. The van der Waals surface area contributed by atoms with E-state index in [0.29, 0.717) is 30.2 Å². The third-order valence-electron chi connectivity index (χ3n) is 4.46. The Kier molecular flexibility index (Phi) is 4.47. The lowest BCUT2D eigenvalue weighted by atomic mass is 10.0. The minimum atomic E-state index is -3.46. The highest BCUT2D eigenvalue weighted by Gasteiger charge is 2.38. The number of hydrogen-bond acceptors (Lipinski definition) is 3. The number of nitrogens with zero attached hydrogens (tertiary/aromatic N) is 1. The minimum absolute atomic E-state index is 0.00959. The molecule has 6 heteroatoms. The molecule has 0 spiro atoms. The van der Waals surface area contributed by atoms with Crippen molar-refractivity contribution in [2.45, 2.75) is 56.9 Å². The van der Waals surface area contributed by atoms with Crippen molar-refractivity contribution in [3.8, 4) is 0 Å². The fourth-order valence-corrected chi connectivity index (χ4v) is 4.65. The molecule has 0 bridgehead atoms. The molecule has 5 nitrogen and oxygen atoms in total. The second-order valence-electron chi connectivity index (χ2n) is 6.90. The topological polar surface area (TPSA) is 66.5 Å². The molecule has 126 valence electrons. The summed E-state index contributed by atoms with van der Waals surface area (Å²) in [5.41, 5.74) is 1.64. The molecule has 0 atom stereocenters. The first-order valence-corrected chi connectivity index (χ1v) is 9.76. The van der Waals surface area contributed by atoms with Crippen LogP contribution in [-0.2, 0) is 21.2 Å². The highest BCUT2D eigenvalue weighted by molar-refractivity contribution is 7.89. The summed E-state index contributed by atoms with van der Waals surface area (Å²) in [5.74, 6) is 0.467. The fraction of sp³-hybridized carbons (Fsp3) is 0.588. The van der Waals surface area contributed by atoms with Gasteiger partial charge in [-0.1, -0.05) is 13.8 Å². The van der Waals surface area contributed by atoms with Gasteiger partial charge < -0.3 is 5.32 Å². The third-order valence-corrected chi connectivity index (χ3v) is 6.41. The molecule has 1 amide bonds. The van der Waals surface area contributed by atoms with Crippen molar-refractivity contribution in [3.63, 3.8) is 0 Å². The summed E-state index contributed by atoms with van der Waals surface area (Å²) >= 11 is 0. The molecule has 2 aliphatic rings. The van der Waals surface area contributed by atoms with E-state index in [1.165, 1.54) is 0 Å². The van der Waals surface area contributed by atoms with Gasteiger partial charge in [-0.15, -0.1) is 0 Å². The van der Waals surface area contributed by atoms with E-state index < -0.39 is 10.0 Å². The third kappa shape index (κ3) is 3.58. The summed E-state index contributed by atoms with van der Waals surface area (Å²) in [6.07, 6.45) is 3.80. The monoisotopic (exact) mass is 336 g/mol. The molecule has 0 aromatic heterocycles. The van der Waals surface area contributed by atoms with Crippen LogP contribution in [0.15, 0.2) is 23.1 Å². The summed E-state index contributed by atoms with van der Waals surface area (Å²) < 4.78 is 27.7. The van der Waals surface area contributed by atoms with Gasteiger partial charge in [0.2, 0.25) is 15.9 Å². The molecule has 1 saturated carbocycles. The Morgan fingerprint density at radius 1 is 1.26 bits per heavy atom. The zero-order valence-electron chi connectivity index (χ0n) is 13.7. The van der Waals surface area contributed by atoms with Gasteiger partial charge in [0.25, 0.3) is 0 Å². The maximum Gasteiger partial charge on any atom is 0.243 e. The summed E-state index contributed by atoms with van der Waals surface area (Å²) in [4.78, 5) is 11.8. The SMILES string of the molecule is CC(C)CCN(C1CC1)S(=O)(=O)c1ccc2c(c1)CCC(=O)N2. The Hall–Kier alpha value is -1.40. The van der Waals surface area contributed by atoms with Gasteiger partial charge in [0, 0.05) is 24.7 Å². The maximum absolute atomic E-state index is 13.0. The van der Waals surface area contributed by atoms with Crippen molar-refractivity contribution < 1.29 is 13.2 Å². The van der Waals surface area contributed by atoms with E-state index in [1.54, 1.807) is 22.5 Å². The quantitative estimate of drug-likeness (QED) is 0.868. The molecule has 1 aliphatic heterocycles. The van der Waals surface area contributed by atoms with Crippen LogP contribution in [0.3, 0.4) is 0 Å². The first-order valence-electron chi connectivity index (χ1n) is 8.32. The summed E-state index contributed by atoms with van der Waals surface area (Å²) in [7, 11) is -3.46. The van der Waals surface area contributed by atoms with E-state index in [2.05, 4.69) is 19.2 Å². The molecule has 3 rings (SSSR count). The summed E-state index contributed by atoms with van der Waals surface area (Å²) in [6.45, 7) is 4.80. The van der Waals surface area contributed by atoms with E-state index in [-0.39, 0.29) is 11.9 Å². The molecule has 0 radical (unpaired) electrons.